The van der Waals surface area contributed by atoms with Crippen molar-refractivity contribution in [2.75, 3.05) is 23.1 Å². The van der Waals surface area contributed by atoms with E-state index in [1.807, 2.05) is 12.1 Å². The second-order valence-electron chi connectivity index (χ2n) is 5.83. The summed E-state index contributed by atoms with van der Waals surface area (Å²) in [6, 6.07) is 14.0. The van der Waals surface area contributed by atoms with E-state index >= 15 is 0 Å². The first-order valence-corrected chi connectivity index (χ1v) is 10.00. The third-order valence-corrected chi connectivity index (χ3v) is 5.65. The van der Waals surface area contributed by atoms with Gasteiger partial charge in [0.1, 0.15) is 5.75 Å². The van der Waals surface area contributed by atoms with Gasteiger partial charge in [0.05, 0.1) is 23.8 Å². The first kappa shape index (κ1) is 19.4. The number of halogens is 1. The largest absolute Gasteiger partial charge is 0.497 e. The minimum absolute atomic E-state index is 0.0830. The number of carbonyl (C=O) groups excluding carboxylic acids is 3. The number of hydrogen-bond acceptors (Lipinski definition) is 5. The molecule has 0 saturated carbocycles. The molecular weight excluding hydrogens is 432 g/mol. The Morgan fingerprint density at radius 3 is 2.67 bits per heavy atom. The molecule has 1 fully saturated rings. The summed E-state index contributed by atoms with van der Waals surface area (Å²) in [5, 5.41) is 2.21. The predicted molar refractivity (Wildman–Crippen MR) is 109 cm³/mol. The summed E-state index contributed by atoms with van der Waals surface area (Å²) in [7, 11) is 1.55. The number of ether oxygens (including phenoxy) is 1. The highest BCUT2D eigenvalue weighted by Gasteiger charge is 2.40. The van der Waals surface area contributed by atoms with Crippen LogP contribution in [0.5, 0.6) is 5.75 Å². The van der Waals surface area contributed by atoms with Gasteiger partial charge in [-0.05, 0) is 42.5 Å². The zero-order chi connectivity index (χ0) is 19.4. The molecule has 2 aromatic rings. The Kier molecular flexibility index (Phi) is 6.18. The molecule has 1 aliphatic rings. The molecule has 0 aliphatic carbocycles. The number of methoxy groups -OCH3 is 1. The van der Waals surface area contributed by atoms with Crippen molar-refractivity contribution in [3.8, 4) is 5.75 Å². The topological polar surface area (TPSA) is 75.7 Å². The highest BCUT2D eigenvalue weighted by atomic mass is 79.9. The minimum atomic E-state index is -0.562. The molecule has 3 amide bonds. The van der Waals surface area contributed by atoms with Crippen LogP contribution in [-0.4, -0.2) is 35.8 Å². The van der Waals surface area contributed by atoms with E-state index in [1.54, 1.807) is 43.5 Å². The number of rotatable bonds is 6. The monoisotopic (exact) mass is 448 g/mol. The van der Waals surface area contributed by atoms with Crippen LogP contribution in [0.15, 0.2) is 53.0 Å². The number of thioether (sulfide) groups is 1. The molecule has 1 saturated heterocycles. The lowest BCUT2D eigenvalue weighted by Gasteiger charge is -2.15. The fraction of sp³-hybridized carbons (Fsp3) is 0.211. The molecule has 1 aliphatic heterocycles. The molecule has 8 heteroatoms. The van der Waals surface area contributed by atoms with Crippen LogP contribution in [-0.2, 0) is 14.4 Å². The quantitative estimate of drug-likeness (QED) is 0.684. The lowest BCUT2D eigenvalue weighted by atomic mass is 10.3. The molecule has 27 heavy (non-hydrogen) atoms. The lowest BCUT2D eigenvalue weighted by Crippen LogP contribution is -2.31. The summed E-state index contributed by atoms with van der Waals surface area (Å²) < 4.78 is 5.95. The molecule has 1 atom stereocenters. The van der Waals surface area contributed by atoms with Gasteiger partial charge >= 0.3 is 0 Å². The van der Waals surface area contributed by atoms with Gasteiger partial charge in [0, 0.05) is 16.6 Å². The van der Waals surface area contributed by atoms with E-state index in [-0.39, 0.29) is 29.9 Å². The van der Waals surface area contributed by atoms with Crippen molar-refractivity contribution in [2.45, 2.75) is 11.7 Å². The first-order chi connectivity index (χ1) is 13.0. The average Bonchev–Trinajstić information content (AvgIpc) is 2.94. The van der Waals surface area contributed by atoms with Gasteiger partial charge in [0.15, 0.2) is 0 Å². The summed E-state index contributed by atoms with van der Waals surface area (Å²) in [5.74, 6) is -0.0538. The Balaban J connectivity index is 1.58. The molecule has 0 bridgehead atoms. The Morgan fingerprint density at radius 2 is 2.00 bits per heavy atom. The molecule has 140 valence electrons. The van der Waals surface area contributed by atoms with Crippen molar-refractivity contribution in [3.63, 3.8) is 0 Å². The summed E-state index contributed by atoms with van der Waals surface area (Å²) in [5.41, 5.74) is 1.18. The third-order valence-electron chi connectivity index (χ3n) is 3.96. The summed E-state index contributed by atoms with van der Waals surface area (Å²) in [4.78, 5) is 38.2. The maximum Gasteiger partial charge on any atom is 0.247 e. The Hall–Kier alpha value is -2.32. The van der Waals surface area contributed by atoms with Crippen LogP contribution in [0.3, 0.4) is 0 Å². The number of anilines is 2. The molecule has 1 heterocycles. The number of nitrogens with one attached hydrogen (secondary N) is 1. The maximum absolute atomic E-state index is 12.6. The van der Waals surface area contributed by atoms with Gasteiger partial charge in [-0.1, -0.05) is 22.0 Å². The second kappa shape index (κ2) is 8.58. The smallest absolute Gasteiger partial charge is 0.247 e. The minimum Gasteiger partial charge on any atom is -0.497 e. The van der Waals surface area contributed by atoms with Crippen LogP contribution in [0.2, 0.25) is 0 Å². The molecule has 1 N–H and O–H groups in total. The predicted octanol–water partition coefficient (Wildman–Crippen LogP) is 3.46. The van der Waals surface area contributed by atoms with Crippen LogP contribution in [0.1, 0.15) is 6.42 Å². The van der Waals surface area contributed by atoms with E-state index in [9.17, 15) is 14.4 Å². The number of amides is 3. The van der Waals surface area contributed by atoms with E-state index in [1.165, 1.54) is 16.7 Å². The van der Waals surface area contributed by atoms with Gasteiger partial charge < -0.3 is 10.1 Å². The van der Waals surface area contributed by atoms with Gasteiger partial charge in [0.2, 0.25) is 17.7 Å². The average molecular weight is 449 g/mol. The molecule has 0 aromatic heterocycles. The summed E-state index contributed by atoms with van der Waals surface area (Å²) in [6.45, 7) is 0. The summed E-state index contributed by atoms with van der Waals surface area (Å²) in [6.07, 6.45) is 0.0830. The molecule has 6 nitrogen and oxygen atoms in total. The number of nitrogens with zero attached hydrogens (tertiary/aromatic N) is 1. The molecule has 2 aromatic carbocycles. The van der Waals surface area contributed by atoms with Crippen molar-refractivity contribution in [1.29, 1.82) is 0 Å². The molecular formula is C19H17BrN2O4S. The van der Waals surface area contributed by atoms with Gasteiger partial charge in [-0.15, -0.1) is 11.8 Å². The standard InChI is InChI=1S/C19H17BrN2O4S/c1-26-15-7-5-14(6-8-15)22-18(24)10-16(19(22)25)27-11-17(23)21-13-4-2-3-12(20)9-13/h2-9,16H,10-11H2,1H3,(H,21,23)/t16-/m1/s1. The van der Waals surface area contributed by atoms with Gasteiger partial charge in [-0.2, -0.15) is 0 Å². The SMILES string of the molecule is COc1ccc(N2C(=O)C[C@@H](SCC(=O)Nc3cccc(Br)c3)C2=O)cc1. The third kappa shape index (κ3) is 4.70. The van der Waals surface area contributed by atoms with E-state index in [2.05, 4.69) is 21.2 Å². The maximum atomic E-state index is 12.6. The van der Waals surface area contributed by atoms with Crippen LogP contribution in [0.25, 0.3) is 0 Å². The molecule has 3 rings (SSSR count). The van der Waals surface area contributed by atoms with Gasteiger partial charge in [-0.25, -0.2) is 4.90 Å². The summed E-state index contributed by atoms with van der Waals surface area (Å²) >= 11 is 4.52. The van der Waals surface area contributed by atoms with E-state index in [4.69, 9.17) is 4.74 Å². The van der Waals surface area contributed by atoms with Crippen molar-refractivity contribution in [2.24, 2.45) is 0 Å². The lowest BCUT2D eigenvalue weighted by molar-refractivity contribution is -0.121. The highest BCUT2D eigenvalue weighted by molar-refractivity contribution is 9.10. The van der Waals surface area contributed by atoms with Crippen LogP contribution >= 0.6 is 27.7 Å². The normalized spacial score (nSPS) is 16.5. The Labute approximate surface area is 169 Å². The molecule has 0 radical (unpaired) electrons. The van der Waals surface area contributed by atoms with Crippen molar-refractivity contribution in [3.05, 3.63) is 53.0 Å². The number of hydrogen-bond donors (Lipinski definition) is 1. The van der Waals surface area contributed by atoms with Crippen LogP contribution < -0.4 is 15.0 Å². The van der Waals surface area contributed by atoms with E-state index in [0.29, 0.717) is 17.1 Å². The number of benzene rings is 2. The van der Waals surface area contributed by atoms with Crippen molar-refractivity contribution < 1.29 is 19.1 Å². The number of carbonyl (C=O) groups is 3. The zero-order valence-electron chi connectivity index (χ0n) is 14.5. The van der Waals surface area contributed by atoms with Crippen LogP contribution in [0.4, 0.5) is 11.4 Å². The molecule has 0 spiro atoms. The van der Waals surface area contributed by atoms with E-state index < -0.39 is 5.25 Å². The zero-order valence-corrected chi connectivity index (χ0v) is 16.9. The van der Waals surface area contributed by atoms with Gasteiger partial charge in [-0.3, -0.25) is 14.4 Å². The van der Waals surface area contributed by atoms with Crippen molar-refractivity contribution >= 4 is 56.8 Å². The fourth-order valence-corrected chi connectivity index (χ4v) is 4.01. The van der Waals surface area contributed by atoms with Crippen LogP contribution in [0, 0.1) is 0 Å². The van der Waals surface area contributed by atoms with E-state index in [0.717, 1.165) is 4.47 Å². The fourth-order valence-electron chi connectivity index (χ4n) is 2.68. The second-order valence-corrected chi connectivity index (χ2v) is 7.93. The van der Waals surface area contributed by atoms with Gasteiger partial charge in [0.25, 0.3) is 0 Å². The highest BCUT2D eigenvalue weighted by Crippen LogP contribution is 2.30. The Bertz CT molecular complexity index is 872. The number of imide groups is 1. The Morgan fingerprint density at radius 1 is 1.26 bits per heavy atom. The first-order valence-electron chi connectivity index (χ1n) is 8.16. The van der Waals surface area contributed by atoms with Crippen molar-refractivity contribution in [1.82, 2.24) is 0 Å². The molecule has 0 unspecified atom stereocenters.